The largest absolute Gasteiger partial charge is 0.496 e. The molecule has 1 aliphatic rings. The lowest BCUT2D eigenvalue weighted by Crippen LogP contribution is -2.48. The molecule has 6 heteroatoms. The van der Waals surface area contributed by atoms with Gasteiger partial charge in [-0.05, 0) is 17.7 Å². The molecule has 0 unspecified atom stereocenters. The number of ether oxygens (including phenoxy) is 1. The molecule has 3 aromatic rings. The molecule has 0 aliphatic carbocycles. The van der Waals surface area contributed by atoms with Crippen molar-refractivity contribution in [3.8, 4) is 5.75 Å². The third kappa shape index (κ3) is 3.18. The molecule has 1 amide bonds. The van der Waals surface area contributed by atoms with E-state index >= 15 is 0 Å². The zero-order valence-corrected chi connectivity index (χ0v) is 14.5. The van der Waals surface area contributed by atoms with Crippen molar-refractivity contribution in [1.29, 1.82) is 0 Å². The van der Waals surface area contributed by atoms with E-state index in [0.29, 0.717) is 42.5 Å². The Morgan fingerprint density at radius 1 is 1.15 bits per heavy atom. The zero-order valence-electron chi connectivity index (χ0n) is 14.5. The highest BCUT2D eigenvalue weighted by Crippen LogP contribution is 2.29. The van der Waals surface area contributed by atoms with E-state index in [0.717, 1.165) is 5.56 Å². The lowest BCUT2D eigenvalue weighted by molar-refractivity contribution is 0.0566. The van der Waals surface area contributed by atoms with E-state index in [1.165, 1.54) is 0 Å². The first-order chi connectivity index (χ1) is 12.7. The molecule has 1 fully saturated rings. The molecule has 0 spiro atoms. The van der Waals surface area contributed by atoms with Crippen LogP contribution in [0.25, 0.3) is 0 Å². The predicted molar refractivity (Wildman–Crippen MR) is 95.2 cm³/mol. The number of methoxy groups -OCH3 is 1. The quantitative estimate of drug-likeness (QED) is 0.708. The number of hydrogen-bond donors (Lipinski definition) is 0. The van der Waals surface area contributed by atoms with Crippen molar-refractivity contribution in [2.45, 2.75) is 12.3 Å². The minimum atomic E-state index is -0.0391. The van der Waals surface area contributed by atoms with Crippen LogP contribution in [0.5, 0.6) is 5.75 Å². The molecule has 2 heterocycles. The minimum absolute atomic E-state index is 0.0391. The van der Waals surface area contributed by atoms with Gasteiger partial charge in [-0.3, -0.25) is 4.79 Å². The van der Waals surface area contributed by atoms with Crippen molar-refractivity contribution in [1.82, 2.24) is 15.0 Å². The molecule has 0 atom stereocenters. The minimum Gasteiger partial charge on any atom is -0.496 e. The van der Waals surface area contributed by atoms with Gasteiger partial charge in [-0.2, -0.15) is 4.98 Å². The van der Waals surface area contributed by atoms with E-state index in [9.17, 15) is 4.79 Å². The summed E-state index contributed by atoms with van der Waals surface area (Å²) in [6.45, 7) is 1.15. The summed E-state index contributed by atoms with van der Waals surface area (Å²) in [5.74, 6) is 1.90. The predicted octanol–water partition coefficient (Wildman–Crippen LogP) is 2.91. The summed E-state index contributed by atoms with van der Waals surface area (Å²) in [5.41, 5.74) is 1.71. The highest BCUT2D eigenvalue weighted by atomic mass is 16.5. The fourth-order valence-corrected chi connectivity index (χ4v) is 3.08. The summed E-state index contributed by atoms with van der Waals surface area (Å²) in [4.78, 5) is 18.9. The van der Waals surface area contributed by atoms with Crippen LogP contribution < -0.4 is 4.74 Å². The van der Waals surface area contributed by atoms with E-state index in [2.05, 4.69) is 10.1 Å². The Hall–Kier alpha value is -3.15. The van der Waals surface area contributed by atoms with Crippen LogP contribution in [0.3, 0.4) is 0 Å². The van der Waals surface area contributed by atoms with Crippen molar-refractivity contribution >= 4 is 5.91 Å². The maximum absolute atomic E-state index is 12.6. The highest BCUT2D eigenvalue weighted by Gasteiger charge is 2.36. The van der Waals surface area contributed by atoms with Gasteiger partial charge in [0.05, 0.1) is 18.6 Å². The van der Waals surface area contributed by atoms with E-state index < -0.39 is 0 Å². The molecule has 0 radical (unpaired) electrons. The third-order valence-corrected chi connectivity index (χ3v) is 4.54. The Labute approximate surface area is 151 Å². The number of para-hydroxylation sites is 1. The van der Waals surface area contributed by atoms with E-state index in [1.54, 1.807) is 24.1 Å². The molecule has 6 nitrogen and oxygen atoms in total. The molecule has 132 valence electrons. The van der Waals surface area contributed by atoms with Crippen LogP contribution in [0.1, 0.15) is 33.6 Å². The number of rotatable bonds is 5. The summed E-state index contributed by atoms with van der Waals surface area (Å²) in [6, 6.07) is 17.3. The Morgan fingerprint density at radius 2 is 1.88 bits per heavy atom. The maximum Gasteiger partial charge on any atom is 0.257 e. The number of nitrogens with zero attached hydrogens (tertiary/aromatic N) is 3. The van der Waals surface area contributed by atoms with Gasteiger partial charge >= 0.3 is 0 Å². The van der Waals surface area contributed by atoms with Crippen LogP contribution in [0.15, 0.2) is 59.1 Å². The summed E-state index contributed by atoms with van der Waals surface area (Å²) in [5, 5.41) is 4.06. The topological polar surface area (TPSA) is 68.5 Å². The van der Waals surface area contributed by atoms with E-state index in [4.69, 9.17) is 9.26 Å². The van der Waals surface area contributed by atoms with Crippen molar-refractivity contribution in [2.24, 2.45) is 0 Å². The van der Waals surface area contributed by atoms with Crippen LogP contribution in [-0.2, 0) is 6.42 Å². The number of amides is 1. The summed E-state index contributed by atoms with van der Waals surface area (Å²) < 4.78 is 10.7. The van der Waals surface area contributed by atoms with Crippen LogP contribution in [0, 0.1) is 0 Å². The molecule has 0 N–H and O–H groups in total. The van der Waals surface area contributed by atoms with Crippen molar-refractivity contribution in [3.63, 3.8) is 0 Å². The van der Waals surface area contributed by atoms with Crippen LogP contribution in [-0.4, -0.2) is 41.1 Å². The Morgan fingerprint density at radius 3 is 2.65 bits per heavy atom. The molecule has 4 rings (SSSR count). The van der Waals surface area contributed by atoms with E-state index in [1.807, 2.05) is 42.5 Å². The van der Waals surface area contributed by atoms with Gasteiger partial charge in [0.15, 0.2) is 5.82 Å². The standard InChI is InChI=1S/C20H19N3O3/c1-25-17-10-6-5-9-16(17)20(24)23-12-15(13-23)19-21-18(22-26-19)11-14-7-3-2-4-8-14/h2-10,15H,11-13H2,1H3. The third-order valence-electron chi connectivity index (χ3n) is 4.54. The van der Waals surface area contributed by atoms with Crippen molar-refractivity contribution in [2.75, 3.05) is 20.2 Å². The molecular weight excluding hydrogens is 330 g/mol. The van der Waals surface area contributed by atoms with Gasteiger partial charge in [0.25, 0.3) is 5.91 Å². The lowest BCUT2D eigenvalue weighted by Gasteiger charge is -2.37. The van der Waals surface area contributed by atoms with Crippen LogP contribution in [0.2, 0.25) is 0 Å². The van der Waals surface area contributed by atoms with Gasteiger partial charge in [-0.1, -0.05) is 47.6 Å². The molecule has 1 saturated heterocycles. The fourth-order valence-electron chi connectivity index (χ4n) is 3.08. The highest BCUT2D eigenvalue weighted by molar-refractivity contribution is 5.97. The average Bonchev–Trinajstić information content (AvgIpc) is 3.09. The number of benzene rings is 2. The first kappa shape index (κ1) is 16.3. The summed E-state index contributed by atoms with van der Waals surface area (Å²) >= 11 is 0. The molecule has 2 aromatic carbocycles. The maximum atomic E-state index is 12.6. The second-order valence-electron chi connectivity index (χ2n) is 6.32. The summed E-state index contributed by atoms with van der Waals surface area (Å²) in [6.07, 6.45) is 0.640. The molecular formula is C20H19N3O3. The van der Waals surface area contributed by atoms with Crippen molar-refractivity contribution < 1.29 is 14.1 Å². The second-order valence-corrected chi connectivity index (χ2v) is 6.32. The first-order valence-corrected chi connectivity index (χ1v) is 8.53. The normalized spacial score (nSPS) is 14.1. The molecule has 1 aromatic heterocycles. The monoisotopic (exact) mass is 349 g/mol. The molecule has 26 heavy (non-hydrogen) atoms. The zero-order chi connectivity index (χ0) is 17.9. The van der Waals surface area contributed by atoms with Crippen LogP contribution in [0.4, 0.5) is 0 Å². The smallest absolute Gasteiger partial charge is 0.257 e. The van der Waals surface area contributed by atoms with Gasteiger partial charge in [-0.15, -0.1) is 0 Å². The number of carbonyl (C=O) groups excluding carboxylic acids is 1. The van der Waals surface area contributed by atoms with Crippen molar-refractivity contribution in [3.05, 3.63) is 77.4 Å². The van der Waals surface area contributed by atoms with Gasteiger partial charge in [0.1, 0.15) is 5.75 Å². The number of aromatic nitrogens is 2. The molecule has 1 aliphatic heterocycles. The fraction of sp³-hybridized carbons (Fsp3) is 0.250. The van der Waals surface area contributed by atoms with E-state index in [-0.39, 0.29) is 11.8 Å². The summed E-state index contributed by atoms with van der Waals surface area (Å²) in [7, 11) is 1.57. The Kier molecular flexibility index (Phi) is 4.39. The van der Waals surface area contributed by atoms with Crippen LogP contribution >= 0.6 is 0 Å². The molecule has 0 saturated carbocycles. The Balaban J connectivity index is 1.38. The molecule has 0 bridgehead atoms. The van der Waals surface area contributed by atoms with Gasteiger partial charge in [0, 0.05) is 19.5 Å². The second kappa shape index (κ2) is 7.00. The number of likely N-dealkylation sites (tertiary alicyclic amines) is 1. The number of carbonyl (C=O) groups is 1. The first-order valence-electron chi connectivity index (χ1n) is 8.53. The lowest BCUT2D eigenvalue weighted by atomic mass is 9.98. The SMILES string of the molecule is COc1ccccc1C(=O)N1CC(c2nc(Cc3ccccc3)no2)C1. The Bertz CT molecular complexity index is 901. The van der Waals surface area contributed by atoms with Gasteiger partial charge < -0.3 is 14.2 Å². The number of hydrogen-bond acceptors (Lipinski definition) is 5. The van der Waals surface area contributed by atoms with Gasteiger partial charge in [-0.25, -0.2) is 0 Å². The average molecular weight is 349 g/mol. The van der Waals surface area contributed by atoms with Gasteiger partial charge in [0.2, 0.25) is 5.89 Å².